The standard InChI is InChI=1S/C23H24N2O4/c1-27-18-7-3-5-16(13-18)9-12-24-22(26)23(10-11-23)21-15-20(29-25-21)17-6-4-8-19(14-17)28-2/h3-8,13-15H,9-12H2,1-2H3,(H,24,26). The van der Waals surface area contributed by atoms with E-state index in [1.165, 1.54) is 0 Å². The van der Waals surface area contributed by atoms with E-state index in [0.29, 0.717) is 18.0 Å². The molecule has 0 bridgehead atoms. The summed E-state index contributed by atoms with van der Waals surface area (Å²) in [7, 11) is 3.27. The normalized spacial score (nSPS) is 14.3. The van der Waals surface area contributed by atoms with E-state index < -0.39 is 5.41 Å². The maximum Gasteiger partial charge on any atom is 0.232 e. The summed E-state index contributed by atoms with van der Waals surface area (Å²) < 4.78 is 16.0. The van der Waals surface area contributed by atoms with Crippen LogP contribution in [0.2, 0.25) is 0 Å². The zero-order valence-corrected chi connectivity index (χ0v) is 16.6. The zero-order chi connectivity index (χ0) is 20.3. The molecule has 1 heterocycles. The van der Waals surface area contributed by atoms with Gasteiger partial charge in [-0.2, -0.15) is 0 Å². The lowest BCUT2D eigenvalue weighted by Crippen LogP contribution is -2.36. The molecule has 6 nitrogen and oxygen atoms in total. The lowest BCUT2D eigenvalue weighted by molar-refractivity contribution is -0.123. The minimum Gasteiger partial charge on any atom is -0.497 e. The van der Waals surface area contributed by atoms with Crippen LogP contribution in [0.25, 0.3) is 11.3 Å². The first-order valence-corrected chi connectivity index (χ1v) is 9.67. The van der Waals surface area contributed by atoms with Crippen molar-refractivity contribution < 1.29 is 18.8 Å². The molecule has 1 aliphatic carbocycles. The van der Waals surface area contributed by atoms with Crippen molar-refractivity contribution in [1.29, 1.82) is 0 Å². The Balaban J connectivity index is 1.41. The van der Waals surface area contributed by atoms with Crippen LogP contribution in [0.1, 0.15) is 24.1 Å². The minimum absolute atomic E-state index is 0.00545. The molecule has 29 heavy (non-hydrogen) atoms. The molecule has 1 aliphatic rings. The summed E-state index contributed by atoms with van der Waals surface area (Å²) in [6, 6.07) is 17.3. The number of amides is 1. The summed E-state index contributed by atoms with van der Waals surface area (Å²) >= 11 is 0. The van der Waals surface area contributed by atoms with Crippen LogP contribution >= 0.6 is 0 Å². The topological polar surface area (TPSA) is 73.6 Å². The lowest BCUT2D eigenvalue weighted by Gasteiger charge is -2.12. The van der Waals surface area contributed by atoms with Crippen LogP contribution in [-0.4, -0.2) is 31.8 Å². The van der Waals surface area contributed by atoms with Gasteiger partial charge in [0.05, 0.1) is 25.3 Å². The van der Waals surface area contributed by atoms with Crippen molar-refractivity contribution in [3.63, 3.8) is 0 Å². The van der Waals surface area contributed by atoms with Gasteiger partial charge in [-0.05, 0) is 49.1 Å². The maximum absolute atomic E-state index is 12.8. The van der Waals surface area contributed by atoms with Crippen LogP contribution in [-0.2, 0) is 16.6 Å². The molecule has 0 radical (unpaired) electrons. The summed E-state index contributed by atoms with van der Waals surface area (Å²) in [5.74, 6) is 2.21. The van der Waals surface area contributed by atoms with Crippen molar-refractivity contribution in [2.45, 2.75) is 24.7 Å². The Morgan fingerprint density at radius 1 is 1.07 bits per heavy atom. The number of aromatic nitrogens is 1. The SMILES string of the molecule is COc1cccc(CCNC(=O)C2(c3cc(-c4cccc(OC)c4)on3)CC2)c1. The Bertz CT molecular complexity index is 1010. The second kappa shape index (κ2) is 7.99. The first-order valence-electron chi connectivity index (χ1n) is 9.67. The molecule has 0 atom stereocenters. The van der Waals surface area contributed by atoms with Gasteiger partial charge < -0.3 is 19.3 Å². The zero-order valence-electron chi connectivity index (χ0n) is 16.6. The highest BCUT2D eigenvalue weighted by Crippen LogP contribution is 2.48. The lowest BCUT2D eigenvalue weighted by atomic mass is 10.00. The van der Waals surface area contributed by atoms with E-state index in [1.807, 2.05) is 54.6 Å². The summed E-state index contributed by atoms with van der Waals surface area (Å²) in [5.41, 5.74) is 2.11. The molecule has 0 saturated heterocycles. The van der Waals surface area contributed by atoms with Gasteiger partial charge in [-0.3, -0.25) is 4.79 Å². The summed E-state index contributed by atoms with van der Waals surface area (Å²) in [6.45, 7) is 0.564. The second-order valence-electron chi connectivity index (χ2n) is 7.25. The molecule has 1 N–H and O–H groups in total. The van der Waals surface area contributed by atoms with Crippen molar-refractivity contribution in [2.24, 2.45) is 0 Å². The number of ether oxygens (including phenoxy) is 2. The first kappa shape index (κ1) is 19.1. The van der Waals surface area contributed by atoms with E-state index >= 15 is 0 Å². The van der Waals surface area contributed by atoms with Gasteiger partial charge in [0.25, 0.3) is 0 Å². The number of carbonyl (C=O) groups excluding carboxylic acids is 1. The summed E-state index contributed by atoms with van der Waals surface area (Å²) in [5, 5.41) is 7.25. The Labute approximate surface area is 169 Å². The molecule has 0 unspecified atom stereocenters. The van der Waals surface area contributed by atoms with Crippen molar-refractivity contribution in [2.75, 3.05) is 20.8 Å². The van der Waals surface area contributed by atoms with Crippen molar-refractivity contribution >= 4 is 5.91 Å². The van der Waals surface area contributed by atoms with Gasteiger partial charge in [0, 0.05) is 18.2 Å². The third-order valence-electron chi connectivity index (χ3n) is 5.37. The number of carbonyl (C=O) groups is 1. The quantitative estimate of drug-likeness (QED) is 0.632. The third-order valence-corrected chi connectivity index (χ3v) is 5.37. The Kier molecular flexibility index (Phi) is 5.25. The number of nitrogens with one attached hydrogen (secondary N) is 1. The van der Waals surface area contributed by atoms with E-state index in [9.17, 15) is 4.79 Å². The van der Waals surface area contributed by atoms with Crippen LogP contribution in [0.4, 0.5) is 0 Å². The fourth-order valence-electron chi connectivity index (χ4n) is 3.46. The largest absolute Gasteiger partial charge is 0.497 e. The monoisotopic (exact) mass is 392 g/mol. The van der Waals surface area contributed by atoms with Gasteiger partial charge in [-0.25, -0.2) is 0 Å². The van der Waals surface area contributed by atoms with E-state index in [0.717, 1.165) is 41.9 Å². The first-order chi connectivity index (χ1) is 14.1. The van der Waals surface area contributed by atoms with Crippen LogP contribution in [0.5, 0.6) is 11.5 Å². The number of methoxy groups -OCH3 is 2. The Hall–Kier alpha value is -3.28. The molecule has 4 rings (SSSR count). The third kappa shape index (κ3) is 3.97. The van der Waals surface area contributed by atoms with E-state index in [4.69, 9.17) is 14.0 Å². The molecule has 150 valence electrons. The van der Waals surface area contributed by atoms with Gasteiger partial charge in [0.2, 0.25) is 5.91 Å². The van der Waals surface area contributed by atoms with Gasteiger partial charge in [-0.1, -0.05) is 29.4 Å². The second-order valence-corrected chi connectivity index (χ2v) is 7.25. The predicted octanol–water partition coefficient (Wildman–Crippen LogP) is 3.75. The molecule has 6 heteroatoms. The van der Waals surface area contributed by atoms with Crippen LogP contribution in [0.3, 0.4) is 0 Å². The molecule has 2 aromatic carbocycles. The van der Waals surface area contributed by atoms with Gasteiger partial charge >= 0.3 is 0 Å². The fraction of sp³-hybridized carbons (Fsp3) is 0.304. The number of hydrogen-bond acceptors (Lipinski definition) is 5. The number of nitrogens with zero attached hydrogens (tertiary/aromatic N) is 1. The minimum atomic E-state index is -0.574. The Morgan fingerprint density at radius 2 is 1.79 bits per heavy atom. The number of benzene rings is 2. The van der Waals surface area contributed by atoms with Crippen LogP contribution < -0.4 is 14.8 Å². The average molecular weight is 392 g/mol. The molecule has 1 fully saturated rings. The smallest absolute Gasteiger partial charge is 0.232 e. The summed E-state index contributed by atoms with van der Waals surface area (Å²) in [4.78, 5) is 12.8. The van der Waals surface area contributed by atoms with E-state index in [1.54, 1.807) is 14.2 Å². The molecule has 0 spiro atoms. The van der Waals surface area contributed by atoms with Gasteiger partial charge in [-0.15, -0.1) is 0 Å². The van der Waals surface area contributed by atoms with E-state index in [-0.39, 0.29) is 5.91 Å². The molecule has 1 amide bonds. The number of hydrogen-bond donors (Lipinski definition) is 1. The predicted molar refractivity (Wildman–Crippen MR) is 109 cm³/mol. The van der Waals surface area contributed by atoms with Gasteiger partial charge in [0.1, 0.15) is 11.5 Å². The molecule has 1 aromatic heterocycles. The van der Waals surface area contributed by atoms with E-state index in [2.05, 4.69) is 10.5 Å². The Morgan fingerprint density at radius 3 is 2.52 bits per heavy atom. The molecular formula is C23H24N2O4. The fourth-order valence-corrected chi connectivity index (χ4v) is 3.46. The van der Waals surface area contributed by atoms with Gasteiger partial charge in [0.15, 0.2) is 5.76 Å². The van der Waals surface area contributed by atoms with Crippen LogP contribution in [0.15, 0.2) is 59.1 Å². The summed E-state index contributed by atoms with van der Waals surface area (Å²) in [6.07, 6.45) is 2.30. The highest BCUT2D eigenvalue weighted by atomic mass is 16.5. The van der Waals surface area contributed by atoms with Crippen molar-refractivity contribution in [3.05, 3.63) is 65.9 Å². The highest BCUT2D eigenvalue weighted by molar-refractivity contribution is 5.91. The molecule has 1 saturated carbocycles. The molecule has 0 aliphatic heterocycles. The van der Waals surface area contributed by atoms with Crippen molar-refractivity contribution in [3.8, 4) is 22.8 Å². The molecule has 3 aromatic rings. The highest BCUT2D eigenvalue weighted by Gasteiger charge is 2.53. The average Bonchev–Trinajstić information content (AvgIpc) is 3.43. The van der Waals surface area contributed by atoms with Crippen LogP contribution in [0, 0.1) is 0 Å². The number of rotatable bonds is 8. The van der Waals surface area contributed by atoms with Crippen molar-refractivity contribution in [1.82, 2.24) is 10.5 Å². The maximum atomic E-state index is 12.8. The molecular weight excluding hydrogens is 368 g/mol.